The lowest BCUT2D eigenvalue weighted by Crippen LogP contribution is -2.20. The minimum atomic E-state index is -0.228. The quantitative estimate of drug-likeness (QED) is 0.495. The van der Waals surface area contributed by atoms with Crippen molar-refractivity contribution < 1.29 is 9.53 Å². The smallest absolute Gasteiger partial charge is 0.302 e. The van der Waals surface area contributed by atoms with Crippen LogP contribution < -0.4 is 0 Å². The summed E-state index contributed by atoms with van der Waals surface area (Å²) in [6.45, 7) is 5.19. The molecule has 2 atom stereocenters. The first kappa shape index (κ1) is 8.95. The largest absolute Gasteiger partial charge is 0.462 e. The van der Waals surface area contributed by atoms with E-state index in [2.05, 4.69) is 15.9 Å². The Morgan fingerprint density at radius 2 is 2.00 bits per heavy atom. The van der Waals surface area contributed by atoms with Crippen LogP contribution in [-0.2, 0) is 9.53 Å². The van der Waals surface area contributed by atoms with E-state index in [4.69, 9.17) is 4.74 Å². The van der Waals surface area contributed by atoms with Gasteiger partial charge in [0.2, 0.25) is 0 Å². The number of hydrogen-bond acceptors (Lipinski definition) is 2. The number of carbonyl (C=O) groups is 1. The van der Waals surface area contributed by atoms with Gasteiger partial charge in [0.25, 0.3) is 0 Å². The molecule has 0 fully saturated rings. The second-order valence-corrected chi connectivity index (χ2v) is 3.44. The maximum absolute atomic E-state index is 10.3. The molecule has 2 nitrogen and oxygen atoms in total. The molecule has 0 radical (unpaired) electrons. The van der Waals surface area contributed by atoms with Crippen LogP contribution in [0, 0.1) is 0 Å². The number of alkyl halides is 1. The van der Waals surface area contributed by atoms with Crippen molar-refractivity contribution in [1.29, 1.82) is 0 Å². The lowest BCUT2D eigenvalue weighted by Gasteiger charge is -2.12. The van der Waals surface area contributed by atoms with Gasteiger partial charge in [0.05, 0.1) is 0 Å². The van der Waals surface area contributed by atoms with Gasteiger partial charge in [-0.3, -0.25) is 4.79 Å². The molecule has 9 heavy (non-hydrogen) atoms. The molecule has 54 valence electrons. The SMILES string of the molecule is CC(=O)O[C@@H](C)[C@@H](C)Br. The molecular formula is C6H11BrO2. The molecule has 0 amide bonds. The van der Waals surface area contributed by atoms with Crippen molar-refractivity contribution in [3.05, 3.63) is 0 Å². The van der Waals surface area contributed by atoms with Gasteiger partial charge in [-0.1, -0.05) is 15.9 Å². The molecule has 0 aliphatic rings. The number of esters is 1. The van der Waals surface area contributed by atoms with E-state index in [1.165, 1.54) is 6.92 Å². The van der Waals surface area contributed by atoms with Gasteiger partial charge in [0.1, 0.15) is 6.10 Å². The van der Waals surface area contributed by atoms with Crippen molar-refractivity contribution in [2.24, 2.45) is 0 Å². The van der Waals surface area contributed by atoms with Gasteiger partial charge in [-0.2, -0.15) is 0 Å². The van der Waals surface area contributed by atoms with Crippen LogP contribution in [0.25, 0.3) is 0 Å². The van der Waals surface area contributed by atoms with Gasteiger partial charge in [-0.05, 0) is 13.8 Å². The lowest BCUT2D eigenvalue weighted by atomic mass is 10.3. The number of halogens is 1. The fourth-order valence-corrected chi connectivity index (χ4v) is 0.463. The van der Waals surface area contributed by atoms with Gasteiger partial charge >= 0.3 is 5.97 Å². The molecule has 0 N–H and O–H groups in total. The summed E-state index contributed by atoms with van der Waals surface area (Å²) in [5.74, 6) is -0.228. The van der Waals surface area contributed by atoms with Gasteiger partial charge in [-0.25, -0.2) is 0 Å². The average molecular weight is 195 g/mol. The molecular weight excluding hydrogens is 184 g/mol. The van der Waals surface area contributed by atoms with E-state index in [9.17, 15) is 4.79 Å². The number of carbonyl (C=O) groups excluding carboxylic acids is 1. The Bertz CT molecular complexity index is 101. The molecule has 0 spiro atoms. The Morgan fingerprint density at radius 1 is 1.56 bits per heavy atom. The average Bonchev–Trinajstić information content (AvgIpc) is 1.63. The molecule has 0 aromatic heterocycles. The summed E-state index contributed by atoms with van der Waals surface area (Å²) >= 11 is 3.29. The van der Waals surface area contributed by atoms with Crippen molar-refractivity contribution in [1.82, 2.24) is 0 Å². The monoisotopic (exact) mass is 194 g/mol. The zero-order valence-electron chi connectivity index (χ0n) is 5.85. The minimum Gasteiger partial charge on any atom is -0.462 e. The predicted molar refractivity (Wildman–Crippen MR) is 39.6 cm³/mol. The summed E-state index contributed by atoms with van der Waals surface area (Å²) in [6, 6.07) is 0. The summed E-state index contributed by atoms with van der Waals surface area (Å²) < 4.78 is 4.83. The second-order valence-electron chi connectivity index (χ2n) is 1.99. The van der Waals surface area contributed by atoms with E-state index in [-0.39, 0.29) is 16.9 Å². The van der Waals surface area contributed by atoms with Crippen molar-refractivity contribution in [2.45, 2.75) is 31.7 Å². The Hall–Kier alpha value is -0.0500. The van der Waals surface area contributed by atoms with Crippen molar-refractivity contribution in [3.8, 4) is 0 Å². The zero-order chi connectivity index (χ0) is 7.44. The van der Waals surface area contributed by atoms with Gasteiger partial charge < -0.3 is 4.74 Å². The Morgan fingerprint density at radius 3 is 2.11 bits per heavy atom. The third-order valence-electron chi connectivity index (χ3n) is 0.999. The van der Waals surface area contributed by atoms with Crippen LogP contribution in [0.15, 0.2) is 0 Å². The molecule has 0 bridgehead atoms. The highest BCUT2D eigenvalue weighted by Gasteiger charge is 2.10. The van der Waals surface area contributed by atoms with Crippen molar-refractivity contribution >= 4 is 21.9 Å². The molecule has 0 unspecified atom stereocenters. The zero-order valence-corrected chi connectivity index (χ0v) is 7.44. The molecule has 0 saturated carbocycles. The summed E-state index contributed by atoms with van der Waals surface area (Å²) in [6.07, 6.45) is -0.0394. The third kappa shape index (κ3) is 4.45. The van der Waals surface area contributed by atoms with Crippen LogP contribution >= 0.6 is 15.9 Å². The van der Waals surface area contributed by atoms with E-state index >= 15 is 0 Å². The second kappa shape index (κ2) is 3.88. The minimum absolute atomic E-state index is 0.0394. The fraction of sp³-hybridized carbons (Fsp3) is 0.833. The normalized spacial score (nSPS) is 16.4. The maximum atomic E-state index is 10.3. The van der Waals surface area contributed by atoms with E-state index < -0.39 is 0 Å². The number of ether oxygens (including phenoxy) is 1. The van der Waals surface area contributed by atoms with E-state index in [1.54, 1.807) is 0 Å². The molecule has 3 heteroatoms. The standard InChI is InChI=1S/C6H11BrO2/c1-4(7)5(2)9-6(3)8/h4-5H,1-3H3/t4-,5+/m1/s1. The topological polar surface area (TPSA) is 26.3 Å². The van der Waals surface area contributed by atoms with E-state index in [0.29, 0.717) is 0 Å². The predicted octanol–water partition coefficient (Wildman–Crippen LogP) is 1.72. The van der Waals surface area contributed by atoms with Gasteiger partial charge in [-0.15, -0.1) is 0 Å². The van der Waals surface area contributed by atoms with Crippen LogP contribution in [0.1, 0.15) is 20.8 Å². The summed E-state index contributed by atoms with van der Waals surface area (Å²) in [5.41, 5.74) is 0. The van der Waals surface area contributed by atoms with Crippen molar-refractivity contribution in [3.63, 3.8) is 0 Å². The molecule has 0 heterocycles. The molecule has 0 aliphatic carbocycles. The highest BCUT2D eigenvalue weighted by molar-refractivity contribution is 9.09. The summed E-state index contributed by atoms with van der Waals surface area (Å²) in [5, 5.41) is 0. The molecule has 0 aromatic rings. The van der Waals surface area contributed by atoms with Crippen LogP contribution in [0.4, 0.5) is 0 Å². The first-order valence-corrected chi connectivity index (χ1v) is 3.77. The van der Waals surface area contributed by atoms with Crippen LogP contribution in [-0.4, -0.2) is 16.9 Å². The Balaban J connectivity index is 3.50. The number of hydrogen-bond donors (Lipinski definition) is 0. The van der Waals surface area contributed by atoms with Crippen molar-refractivity contribution in [2.75, 3.05) is 0 Å². The summed E-state index contributed by atoms with van der Waals surface area (Å²) in [4.78, 5) is 10.5. The van der Waals surface area contributed by atoms with Gasteiger partial charge in [0, 0.05) is 11.8 Å². The molecule has 0 aliphatic heterocycles. The lowest BCUT2D eigenvalue weighted by molar-refractivity contribution is -0.145. The van der Waals surface area contributed by atoms with Crippen LogP contribution in [0.3, 0.4) is 0 Å². The first-order chi connectivity index (χ1) is 4.04. The van der Waals surface area contributed by atoms with Crippen LogP contribution in [0.5, 0.6) is 0 Å². The maximum Gasteiger partial charge on any atom is 0.302 e. The first-order valence-electron chi connectivity index (χ1n) is 2.85. The Labute approximate surface area is 63.7 Å². The fourth-order valence-electron chi connectivity index (χ4n) is 0.356. The van der Waals surface area contributed by atoms with E-state index in [1.807, 2.05) is 13.8 Å². The third-order valence-corrected chi connectivity index (χ3v) is 1.74. The number of rotatable bonds is 2. The highest BCUT2D eigenvalue weighted by atomic mass is 79.9. The highest BCUT2D eigenvalue weighted by Crippen LogP contribution is 2.07. The van der Waals surface area contributed by atoms with Gasteiger partial charge in [0.15, 0.2) is 0 Å². The molecule has 0 aromatic carbocycles. The van der Waals surface area contributed by atoms with Crippen LogP contribution in [0.2, 0.25) is 0 Å². The molecule has 0 rings (SSSR count). The Kier molecular flexibility index (Phi) is 3.86. The van der Waals surface area contributed by atoms with E-state index in [0.717, 1.165) is 0 Å². The summed E-state index contributed by atoms with van der Waals surface area (Å²) in [7, 11) is 0. The molecule has 0 saturated heterocycles.